The van der Waals surface area contributed by atoms with Crippen LogP contribution in [0.2, 0.25) is 0 Å². The van der Waals surface area contributed by atoms with E-state index in [4.69, 9.17) is 4.74 Å². The quantitative estimate of drug-likeness (QED) is 0.496. The second-order valence-corrected chi connectivity index (χ2v) is 8.14. The molecule has 3 aromatic rings. The topological polar surface area (TPSA) is 72.3 Å². The largest absolute Gasteiger partial charge is 0.489 e. The van der Waals surface area contributed by atoms with Crippen LogP contribution in [0.5, 0.6) is 5.75 Å². The molecule has 0 radical (unpaired) electrons. The number of ether oxygens (including phenoxy) is 1. The minimum atomic E-state index is -0.696. The van der Waals surface area contributed by atoms with Gasteiger partial charge in [0.2, 0.25) is 0 Å². The number of benzene rings is 2. The molecule has 5 nitrogen and oxygen atoms in total. The number of aromatic amines is 1. The molecule has 0 aliphatic heterocycles. The SMILES string of the molecule is C=CCN(CC(O)COc1ccccc1C#N)C(C)(C)Cc1cc2ccccc2[nH]1. The second kappa shape index (κ2) is 9.62. The Bertz CT molecular complexity index is 999. The highest BCUT2D eigenvalue weighted by Gasteiger charge is 2.29. The first-order chi connectivity index (χ1) is 14.4. The van der Waals surface area contributed by atoms with Crippen LogP contribution in [-0.2, 0) is 6.42 Å². The fourth-order valence-electron chi connectivity index (χ4n) is 3.71. The Morgan fingerprint density at radius 2 is 1.97 bits per heavy atom. The van der Waals surface area contributed by atoms with E-state index in [0.29, 0.717) is 24.4 Å². The van der Waals surface area contributed by atoms with Crippen LogP contribution in [0.1, 0.15) is 25.1 Å². The first kappa shape index (κ1) is 21.6. The molecular formula is C25H29N3O2. The smallest absolute Gasteiger partial charge is 0.137 e. The number of para-hydroxylation sites is 2. The van der Waals surface area contributed by atoms with Crippen LogP contribution in [-0.4, -0.2) is 46.3 Å². The Labute approximate surface area is 178 Å². The van der Waals surface area contributed by atoms with Gasteiger partial charge in [0.1, 0.15) is 24.5 Å². The molecule has 1 heterocycles. The number of hydrogen-bond donors (Lipinski definition) is 2. The highest BCUT2D eigenvalue weighted by atomic mass is 16.5. The van der Waals surface area contributed by atoms with Crippen molar-refractivity contribution in [1.29, 1.82) is 5.26 Å². The van der Waals surface area contributed by atoms with Crippen LogP contribution in [0.3, 0.4) is 0 Å². The van der Waals surface area contributed by atoms with E-state index in [-0.39, 0.29) is 12.1 Å². The molecule has 2 aromatic carbocycles. The number of aromatic nitrogens is 1. The second-order valence-electron chi connectivity index (χ2n) is 8.14. The summed E-state index contributed by atoms with van der Waals surface area (Å²) in [6.45, 7) is 9.43. The first-order valence-corrected chi connectivity index (χ1v) is 10.2. The fraction of sp³-hybridized carbons (Fsp3) is 0.320. The number of nitrogens with zero attached hydrogens (tertiary/aromatic N) is 2. The number of hydrogen-bond acceptors (Lipinski definition) is 4. The van der Waals surface area contributed by atoms with Crippen molar-refractivity contribution in [3.63, 3.8) is 0 Å². The van der Waals surface area contributed by atoms with Gasteiger partial charge in [-0.15, -0.1) is 6.58 Å². The summed E-state index contributed by atoms with van der Waals surface area (Å²) in [5.74, 6) is 0.492. The summed E-state index contributed by atoms with van der Waals surface area (Å²) >= 11 is 0. The van der Waals surface area contributed by atoms with Crippen LogP contribution in [0, 0.1) is 11.3 Å². The minimum absolute atomic E-state index is 0.120. The van der Waals surface area contributed by atoms with Gasteiger partial charge in [-0.05, 0) is 43.5 Å². The van der Waals surface area contributed by atoms with Gasteiger partial charge in [-0.3, -0.25) is 4.90 Å². The predicted molar refractivity (Wildman–Crippen MR) is 121 cm³/mol. The Morgan fingerprint density at radius 3 is 2.70 bits per heavy atom. The average Bonchev–Trinajstić information content (AvgIpc) is 3.13. The van der Waals surface area contributed by atoms with Crippen molar-refractivity contribution in [2.45, 2.75) is 31.9 Å². The van der Waals surface area contributed by atoms with E-state index in [1.807, 2.05) is 24.3 Å². The molecule has 5 heteroatoms. The number of aliphatic hydroxyl groups excluding tert-OH is 1. The van der Waals surface area contributed by atoms with E-state index in [0.717, 1.165) is 17.6 Å². The van der Waals surface area contributed by atoms with E-state index in [1.54, 1.807) is 18.2 Å². The molecule has 0 aliphatic carbocycles. The molecule has 0 aliphatic rings. The molecule has 30 heavy (non-hydrogen) atoms. The number of rotatable bonds is 10. The summed E-state index contributed by atoms with van der Waals surface area (Å²) in [5.41, 5.74) is 2.54. The summed E-state index contributed by atoms with van der Waals surface area (Å²) in [5, 5.41) is 21.0. The van der Waals surface area contributed by atoms with Gasteiger partial charge < -0.3 is 14.8 Å². The van der Waals surface area contributed by atoms with Crippen LogP contribution >= 0.6 is 0 Å². The van der Waals surface area contributed by atoms with Gasteiger partial charge in [0, 0.05) is 36.3 Å². The van der Waals surface area contributed by atoms with Gasteiger partial charge in [-0.2, -0.15) is 5.26 Å². The van der Waals surface area contributed by atoms with Gasteiger partial charge in [-0.25, -0.2) is 0 Å². The third kappa shape index (κ3) is 5.29. The Hall–Kier alpha value is -3.07. The molecule has 156 valence electrons. The van der Waals surface area contributed by atoms with Crippen molar-refractivity contribution in [2.24, 2.45) is 0 Å². The van der Waals surface area contributed by atoms with E-state index in [9.17, 15) is 10.4 Å². The molecule has 1 aromatic heterocycles. The van der Waals surface area contributed by atoms with Gasteiger partial charge in [0.15, 0.2) is 0 Å². The van der Waals surface area contributed by atoms with Crippen LogP contribution in [0.25, 0.3) is 10.9 Å². The van der Waals surface area contributed by atoms with Crippen molar-refractivity contribution in [3.05, 3.63) is 78.5 Å². The highest BCUT2D eigenvalue weighted by molar-refractivity contribution is 5.80. The third-order valence-electron chi connectivity index (χ3n) is 5.28. The van der Waals surface area contributed by atoms with E-state index in [2.05, 4.69) is 54.6 Å². The Morgan fingerprint density at radius 1 is 1.23 bits per heavy atom. The third-order valence-corrected chi connectivity index (χ3v) is 5.28. The molecule has 3 rings (SSSR count). The number of fused-ring (bicyclic) bond motifs is 1. The molecule has 0 amide bonds. The molecule has 1 unspecified atom stereocenters. The lowest BCUT2D eigenvalue weighted by atomic mass is 9.95. The normalized spacial score (nSPS) is 12.6. The van der Waals surface area contributed by atoms with Gasteiger partial charge in [0.25, 0.3) is 0 Å². The van der Waals surface area contributed by atoms with Crippen molar-refractivity contribution < 1.29 is 9.84 Å². The summed E-state index contributed by atoms with van der Waals surface area (Å²) in [4.78, 5) is 5.70. The Kier molecular flexibility index (Phi) is 6.94. The highest BCUT2D eigenvalue weighted by Crippen LogP contribution is 2.24. The maximum absolute atomic E-state index is 10.6. The standard InChI is InChI=1S/C25H29N3O2/c1-4-13-28(17-22(29)18-30-24-12-8-6-10-20(24)16-26)25(2,3)15-21-14-19-9-5-7-11-23(19)27-21/h4-12,14,22,27,29H,1,13,15,17-18H2,2-3H3. The molecule has 0 spiro atoms. The molecule has 0 fully saturated rings. The van der Waals surface area contributed by atoms with Crippen molar-refractivity contribution >= 4 is 10.9 Å². The van der Waals surface area contributed by atoms with Gasteiger partial charge in [0.05, 0.1) is 5.56 Å². The zero-order valence-corrected chi connectivity index (χ0v) is 17.6. The number of nitrogens with one attached hydrogen (secondary N) is 1. The van der Waals surface area contributed by atoms with E-state index < -0.39 is 6.10 Å². The molecule has 0 saturated carbocycles. The summed E-state index contributed by atoms with van der Waals surface area (Å²) in [6.07, 6.45) is 1.96. The fourth-order valence-corrected chi connectivity index (χ4v) is 3.71. The maximum Gasteiger partial charge on any atom is 0.137 e. The van der Waals surface area contributed by atoms with Gasteiger partial charge in [-0.1, -0.05) is 36.4 Å². The van der Waals surface area contributed by atoms with Crippen molar-refractivity contribution in [2.75, 3.05) is 19.7 Å². The first-order valence-electron chi connectivity index (χ1n) is 10.2. The van der Waals surface area contributed by atoms with Crippen molar-refractivity contribution in [3.8, 4) is 11.8 Å². The molecule has 2 N–H and O–H groups in total. The van der Waals surface area contributed by atoms with Crippen LogP contribution in [0.15, 0.2) is 67.3 Å². The van der Waals surface area contributed by atoms with Crippen molar-refractivity contribution in [1.82, 2.24) is 9.88 Å². The Balaban J connectivity index is 1.65. The number of β-amino-alcohol motifs (C(OH)–C–C–N with tert-alkyl or cyclic N) is 1. The predicted octanol–water partition coefficient (Wildman–Crippen LogP) is 4.29. The minimum Gasteiger partial charge on any atom is -0.489 e. The van der Waals surface area contributed by atoms with E-state index >= 15 is 0 Å². The molecule has 0 bridgehead atoms. The zero-order chi connectivity index (χ0) is 21.6. The summed E-state index contributed by atoms with van der Waals surface area (Å²) < 4.78 is 5.71. The zero-order valence-electron chi connectivity index (χ0n) is 17.6. The summed E-state index contributed by atoms with van der Waals surface area (Å²) in [7, 11) is 0. The molecular weight excluding hydrogens is 374 g/mol. The number of H-pyrrole nitrogens is 1. The average molecular weight is 404 g/mol. The lowest BCUT2D eigenvalue weighted by Crippen LogP contribution is -2.50. The lowest BCUT2D eigenvalue weighted by Gasteiger charge is -2.39. The monoisotopic (exact) mass is 403 g/mol. The number of nitriles is 1. The van der Waals surface area contributed by atoms with Gasteiger partial charge >= 0.3 is 0 Å². The number of aliphatic hydroxyl groups is 1. The molecule has 0 saturated heterocycles. The lowest BCUT2D eigenvalue weighted by molar-refractivity contribution is 0.0333. The summed E-state index contributed by atoms with van der Waals surface area (Å²) in [6, 6.07) is 19.6. The van der Waals surface area contributed by atoms with Crippen LogP contribution in [0.4, 0.5) is 0 Å². The molecule has 1 atom stereocenters. The maximum atomic E-state index is 10.6. The van der Waals surface area contributed by atoms with Crippen LogP contribution < -0.4 is 4.74 Å². The van der Waals surface area contributed by atoms with E-state index in [1.165, 1.54) is 5.39 Å².